The smallest absolute Gasteiger partial charge is 0.552 e. The molecule has 1 aromatic carbocycles. The number of aryl methyl sites for hydroxylation is 1. The van der Waals surface area contributed by atoms with E-state index in [2.05, 4.69) is 26.0 Å². The van der Waals surface area contributed by atoms with Gasteiger partial charge in [0.15, 0.2) is 5.76 Å². The van der Waals surface area contributed by atoms with Crippen molar-refractivity contribution in [3.8, 4) is 34.8 Å². The van der Waals surface area contributed by atoms with Gasteiger partial charge in [0.25, 0.3) is 0 Å². The standard InChI is InChI=1S/C24H23N6O6S.CH3.2U/c1-14-8-11-20(36-14)23-27-28-24(30(23)21-18(34-3)6-5-7-19(21)35-4)29-37(32,33)15(2)22(31)17-10-9-16(12-25)13-26-17;;;/h6-11,13,15,22,31H,1-4H3,(H,28,29);1H3;;/q2*-1;;+2/t15-,22+;;;/m0.../s1. The van der Waals surface area contributed by atoms with Crippen LogP contribution in [0.1, 0.15) is 30.0 Å². The fraction of sp³-hybridized carbons (Fsp3) is 0.240. The molecule has 0 aliphatic carbocycles. The Morgan fingerprint density at radius 2 is 1.80 bits per heavy atom. The molecule has 0 saturated carbocycles. The number of rotatable bonds is 9. The van der Waals surface area contributed by atoms with Crippen molar-refractivity contribution in [3.05, 3.63) is 73.1 Å². The van der Waals surface area contributed by atoms with Crippen LogP contribution in [0.15, 0.2) is 47.0 Å². The van der Waals surface area contributed by atoms with Crippen LogP contribution in [0.2, 0.25) is 0 Å². The van der Waals surface area contributed by atoms with E-state index in [0.29, 0.717) is 28.7 Å². The van der Waals surface area contributed by atoms with Gasteiger partial charge in [-0.05, 0) is 38.1 Å². The van der Waals surface area contributed by atoms with Crippen LogP contribution >= 0.6 is 0 Å². The van der Waals surface area contributed by atoms with Crippen molar-refractivity contribution in [1.29, 1.82) is 5.26 Å². The molecule has 12 nitrogen and oxygen atoms in total. The quantitative estimate of drug-likeness (QED) is 0.238. The number of nitrogens with one attached hydrogen (secondary N) is 1. The number of ether oxygens (including phenoxy) is 2. The van der Waals surface area contributed by atoms with E-state index in [0.717, 1.165) is 0 Å². The molecule has 2 atom stereocenters. The van der Waals surface area contributed by atoms with Crippen LogP contribution in [0.5, 0.6) is 11.5 Å². The first-order chi connectivity index (χ1) is 17.7. The first-order valence-corrected chi connectivity index (χ1v) is 12.4. The molecule has 0 bridgehead atoms. The van der Waals surface area contributed by atoms with E-state index in [1.807, 2.05) is 6.07 Å². The molecule has 0 radical (unpaired) electrons. The van der Waals surface area contributed by atoms with Crippen LogP contribution in [-0.4, -0.2) is 52.7 Å². The Morgan fingerprint density at radius 3 is 2.30 bits per heavy atom. The van der Waals surface area contributed by atoms with Gasteiger partial charge in [-0.2, -0.15) is 11.3 Å². The van der Waals surface area contributed by atoms with Crippen molar-refractivity contribution in [2.75, 3.05) is 18.9 Å². The molecular formula is C25H26N6O6SU2. The van der Waals surface area contributed by atoms with Gasteiger partial charge in [-0.15, -0.1) is 22.3 Å². The van der Waals surface area contributed by atoms with E-state index >= 15 is 0 Å². The van der Waals surface area contributed by atoms with Gasteiger partial charge in [-0.25, -0.2) is 8.42 Å². The molecule has 4 aromatic rings. The number of furan rings is 1. The third-order valence-electron chi connectivity index (χ3n) is 5.57. The van der Waals surface area contributed by atoms with Gasteiger partial charge in [0.05, 0.1) is 25.5 Å². The molecule has 3 aromatic heterocycles. The summed E-state index contributed by atoms with van der Waals surface area (Å²) in [6, 6.07) is 14.2. The number of anilines is 1. The number of hydrogen-bond acceptors (Lipinski definition) is 10. The van der Waals surface area contributed by atoms with E-state index in [4.69, 9.17) is 19.2 Å². The van der Waals surface area contributed by atoms with Crippen LogP contribution in [0.3, 0.4) is 0 Å². The second-order valence-corrected chi connectivity index (χ2v) is 9.95. The number of methoxy groups -OCH3 is 2. The van der Waals surface area contributed by atoms with Gasteiger partial charge in [0.2, 0.25) is 21.8 Å². The zero-order valence-corrected chi connectivity index (χ0v) is 31.5. The summed E-state index contributed by atoms with van der Waals surface area (Å²) in [7, 11) is -1.37. The molecule has 0 aliphatic rings. The number of pyridine rings is 1. The molecule has 15 heteroatoms. The molecule has 0 saturated heterocycles. The first-order valence-electron chi connectivity index (χ1n) is 10.9. The molecule has 206 valence electrons. The molecule has 0 unspecified atom stereocenters. The van der Waals surface area contributed by atoms with Gasteiger partial charge in [0.1, 0.15) is 23.2 Å². The zero-order chi connectivity index (χ0) is 26.7. The maximum atomic E-state index is 13.4. The molecule has 0 spiro atoms. The number of nitriles is 1. The number of benzene rings is 1. The molecule has 0 aliphatic heterocycles. The number of sulfonamides is 1. The summed E-state index contributed by atoms with van der Waals surface area (Å²) in [6.07, 6.45) is -0.242. The van der Waals surface area contributed by atoms with Crippen molar-refractivity contribution in [2.45, 2.75) is 25.2 Å². The Morgan fingerprint density at radius 1 is 1.15 bits per heavy atom. The van der Waals surface area contributed by atoms with Crippen LogP contribution in [0.25, 0.3) is 17.3 Å². The number of aliphatic hydroxyl groups is 1. The number of nitrogens with zero attached hydrogens (tertiary/aromatic N) is 5. The van der Waals surface area contributed by atoms with E-state index in [1.54, 1.807) is 31.2 Å². The normalized spacial score (nSPS) is 12.0. The van der Waals surface area contributed by atoms with Crippen LogP contribution in [0, 0.1) is 94.0 Å². The third-order valence-corrected chi connectivity index (χ3v) is 7.27. The molecule has 0 amide bonds. The Labute approximate surface area is 280 Å². The van der Waals surface area contributed by atoms with Gasteiger partial charge in [0, 0.05) is 54.5 Å². The average molecular weight is 1010 g/mol. The molecule has 4 rings (SSSR count). The van der Waals surface area contributed by atoms with Crippen LogP contribution in [-0.2, 0) is 10.0 Å². The Balaban J connectivity index is 0.00000267. The minimum atomic E-state index is -4.26. The van der Waals surface area contributed by atoms with Gasteiger partial charge in [-0.1, -0.05) is 0 Å². The predicted octanol–water partition coefficient (Wildman–Crippen LogP) is 3.23. The summed E-state index contributed by atoms with van der Waals surface area (Å²) in [4.78, 5) is 4.00. The molecular weight excluding hydrogens is 988 g/mol. The minimum Gasteiger partial charge on any atom is -0.552 e. The van der Waals surface area contributed by atoms with Crippen molar-refractivity contribution in [2.24, 2.45) is 0 Å². The Kier molecular flexibility index (Phi) is 13.5. The van der Waals surface area contributed by atoms with Crippen molar-refractivity contribution in [3.63, 3.8) is 0 Å². The maximum Gasteiger partial charge on any atom is 2.00 e. The fourth-order valence-electron chi connectivity index (χ4n) is 3.54. The third kappa shape index (κ3) is 7.30. The van der Waals surface area contributed by atoms with Crippen LogP contribution in [0.4, 0.5) is 5.95 Å². The number of aromatic nitrogens is 4. The number of hydrogen-bond donors (Lipinski definition) is 2. The SMILES string of the molecule is COc1c[c-]cc(OC)c1-n1c(NS(=O)(=O)[C@@H](C)[C@@H](O)c2ccc(C#N)cn2)nnc1-c1ccc(C)o1.[CH3-].[U+2].[U]. The first kappa shape index (κ1) is 35.7. The fourth-order valence-corrected chi connectivity index (χ4v) is 4.59. The minimum absolute atomic E-state index is 0. The van der Waals surface area contributed by atoms with E-state index in [1.165, 1.54) is 44.0 Å². The predicted molar refractivity (Wildman–Crippen MR) is 138 cm³/mol. The van der Waals surface area contributed by atoms with E-state index < -0.39 is 21.4 Å². The Hall–Kier alpha value is -2.31. The summed E-state index contributed by atoms with van der Waals surface area (Å²) in [5, 5.41) is 26.5. The second-order valence-electron chi connectivity index (χ2n) is 7.91. The molecule has 3 heterocycles. The van der Waals surface area contributed by atoms with Crippen LogP contribution < -0.4 is 14.2 Å². The largest absolute Gasteiger partial charge is 2.00 e. The average Bonchev–Trinajstić information content (AvgIpc) is 3.52. The maximum absolute atomic E-state index is 13.4. The van der Waals surface area contributed by atoms with Crippen molar-refractivity contribution >= 4 is 16.0 Å². The second kappa shape index (κ2) is 15.1. The monoisotopic (exact) mass is 1010 g/mol. The molecule has 0 fully saturated rings. The summed E-state index contributed by atoms with van der Waals surface area (Å²) < 4.78 is 47.2. The molecule has 40 heavy (non-hydrogen) atoms. The number of aliphatic hydroxyl groups excluding tert-OH is 1. The topological polar surface area (TPSA) is 165 Å². The summed E-state index contributed by atoms with van der Waals surface area (Å²) >= 11 is 0. The summed E-state index contributed by atoms with van der Waals surface area (Å²) in [6.45, 7) is 3.08. The van der Waals surface area contributed by atoms with E-state index in [9.17, 15) is 13.5 Å². The van der Waals surface area contributed by atoms with Crippen molar-refractivity contribution in [1.82, 2.24) is 19.7 Å². The van der Waals surface area contributed by atoms with Crippen molar-refractivity contribution < 1.29 is 89.6 Å². The van der Waals surface area contributed by atoms with Gasteiger partial charge in [-0.3, -0.25) is 14.3 Å². The summed E-state index contributed by atoms with van der Waals surface area (Å²) in [5.74, 6) is 1.52. The zero-order valence-electron chi connectivity index (χ0n) is 22.3. The van der Waals surface area contributed by atoms with Gasteiger partial charge < -0.3 is 26.4 Å². The summed E-state index contributed by atoms with van der Waals surface area (Å²) in [5.41, 5.74) is 0.672. The van der Waals surface area contributed by atoms with E-state index in [-0.39, 0.29) is 92.7 Å². The van der Waals surface area contributed by atoms with Gasteiger partial charge >= 0.3 is 31.1 Å². The molecule has 2 N–H and O–H groups in total. The Bertz CT molecular complexity index is 1550.